The zero-order valence-corrected chi connectivity index (χ0v) is 9.45. The minimum atomic E-state index is 0.260. The zero-order valence-electron chi connectivity index (χ0n) is 7.74. The molecule has 13 heavy (non-hydrogen) atoms. The van der Waals surface area contributed by atoms with Crippen molar-refractivity contribution >= 4 is 25.2 Å². The molecule has 0 saturated heterocycles. The second-order valence-electron chi connectivity index (χ2n) is 2.67. The van der Waals surface area contributed by atoms with Gasteiger partial charge in [0.05, 0.1) is 0 Å². The molecule has 0 unspecified atom stereocenters. The van der Waals surface area contributed by atoms with Crippen LogP contribution in [0.1, 0.15) is 6.92 Å². The van der Waals surface area contributed by atoms with Gasteiger partial charge in [-0.15, -0.1) is 0 Å². The third-order valence-electron chi connectivity index (χ3n) is 1.50. The summed E-state index contributed by atoms with van der Waals surface area (Å²) >= 11 is 0.276. The van der Waals surface area contributed by atoms with Crippen molar-refractivity contribution in [3.63, 3.8) is 0 Å². The minimum absolute atomic E-state index is 0.260. The summed E-state index contributed by atoms with van der Waals surface area (Å²) in [4.78, 5) is 10.7. The van der Waals surface area contributed by atoms with Gasteiger partial charge in [0.25, 0.3) is 0 Å². The van der Waals surface area contributed by atoms with E-state index in [0.29, 0.717) is 5.32 Å². The van der Waals surface area contributed by atoms with Crippen LogP contribution in [-0.4, -0.2) is 27.8 Å². The molecule has 0 amide bonds. The molecule has 0 N–H and O–H groups in total. The van der Waals surface area contributed by atoms with E-state index in [-0.39, 0.29) is 20.7 Å². The molecule has 1 aromatic carbocycles. The Morgan fingerprint density at radius 2 is 2.00 bits per heavy atom. The van der Waals surface area contributed by atoms with Gasteiger partial charge in [0.15, 0.2) is 0 Å². The van der Waals surface area contributed by atoms with E-state index in [2.05, 4.69) is 0 Å². The topological polar surface area (TPSA) is 26.3 Å². The number of ether oxygens (including phenoxy) is 1. The molecule has 0 aliphatic heterocycles. The Hall–Kier alpha value is -0.791. The van der Waals surface area contributed by atoms with Gasteiger partial charge in [0, 0.05) is 0 Å². The summed E-state index contributed by atoms with van der Waals surface area (Å²) in [5.74, 6) is 1.12. The van der Waals surface area contributed by atoms with E-state index in [1.54, 1.807) is 14.0 Å². The SMILES string of the molecule is COc1ccc([Se]CC(C)=O)cc1. The molecule has 0 aliphatic rings. The quantitative estimate of drug-likeness (QED) is 0.738. The number of benzene rings is 1. The number of carbonyl (C=O) groups is 1. The van der Waals surface area contributed by atoms with Gasteiger partial charge in [-0.2, -0.15) is 0 Å². The average Bonchev–Trinajstić information content (AvgIpc) is 2.15. The maximum absolute atomic E-state index is 10.7. The van der Waals surface area contributed by atoms with Gasteiger partial charge in [-0.1, -0.05) is 0 Å². The van der Waals surface area contributed by atoms with Crippen molar-refractivity contribution in [1.82, 2.24) is 0 Å². The molecule has 0 fully saturated rings. The van der Waals surface area contributed by atoms with Crippen molar-refractivity contribution in [2.75, 3.05) is 7.11 Å². The molecule has 0 saturated carbocycles. The van der Waals surface area contributed by atoms with E-state index < -0.39 is 0 Å². The Kier molecular flexibility index (Phi) is 4.00. The van der Waals surface area contributed by atoms with Gasteiger partial charge in [-0.05, 0) is 0 Å². The van der Waals surface area contributed by atoms with E-state index in [1.165, 1.54) is 4.46 Å². The van der Waals surface area contributed by atoms with Gasteiger partial charge in [0.1, 0.15) is 0 Å². The van der Waals surface area contributed by atoms with E-state index in [1.807, 2.05) is 24.3 Å². The first kappa shape index (κ1) is 10.3. The fourth-order valence-corrected chi connectivity index (χ4v) is 2.32. The van der Waals surface area contributed by atoms with E-state index in [9.17, 15) is 4.79 Å². The summed E-state index contributed by atoms with van der Waals surface area (Å²) in [6.07, 6.45) is 0. The third kappa shape index (κ3) is 3.62. The van der Waals surface area contributed by atoms with Crippen LogP contribution < -0.4 is 9.20 Å². The number of ketones is 1. The van der Waals surface area contributed by atoms with Gasteiger partial charge in [-0.25, -0.2) is 0 Å². The Morgan fingerprint density at radius 1 is 1.38 bits per heavy atom. The zero-order chi connectivity index (χ0) is 9.68. The molecule has 0 atom stereocenters. The van der Waals surface area contributed by atoms with Crippen molar-refractivity contribution in [2.24, 2.45) is 0 Å². The van der Waals surface area contributed by atoms with Crippen molar-refractivity contribution in [3.8, 4) is 5.75 Å². The Labute approximate surface area is 84.4 Å². The number of Topliss-reactive ketones (excluding diaryl/α,β-unsaturated/α-hetero) is 1. The fraction of sp³-hybridized carbons (Fsp3) is 0.300. The Morgan fingerprint density at radius 3 is 2.46 bits per heavy atom. The maximum atomic E-state index is 10.7. The fourth-order valence-electron chi connectivity index (χ4n) is 0.857. The average molecular weight is 243 g/mol. The molecule has 0 aliphatic carbocycles. The Bertz CT molecular complexity index is 279. The van der Waals surface area contributed by atoms with Gasteiger partial charge >= 0.3 is 84.1 Å². The molecule has 1 aromatic rings. The molecule has 0 radical (unpaired) electrons. The number of hydrogen-bond acceptors (Lipinski definition) is 2. The molecule has 70 valence electrons. The molecule has 0 aromatic heterocycles. The van der Waals surface area contributed by atoms with Crippen LogP contribution in [0.15, 0.2) is 24.3 Å². The van der Waals surface area contributed by atoms with Crippen molar-refractivity contribution in [3.05, 3.63) is 24.3 Å². The second-order valence-corrected chi connectivity index (χ2v) is 4.87. The van der Waals surface area contributed by atoms with Crippen molar-refractivity contribution in [1.29, 1.82) is 0 Å². The summed E-state index contributed by atoms with van der Waals surface area (Å²) in [7, 11) is 1.65. The standard InChI is InChI=1S/C10H12O2Se/c1-8(11)7-13-10-5-3-9(12-2)4-6-10/h3-6H,7H2,1-2H3. The van der Waals surface area contributed by atoms with Crippen LogP contribution in [0.5, 0.6) is 5.75 Å². The predicted octanol–water partition coefficient (Wildman–Crippen LogP) is 1.03. The van der Waals surface area contributed by atoms with E-state index in [4.69, 9.17) is 4.74 Å². The van der Waals surface area contributed by atoms with Crippen LogP contribution in [0.2, 0.25) is 5.32 Å². The number of methoxy groups -OCH3 is 1. The van der Waals surface area contributed by atoms with Crippen molar-refractivity contribution in [2.45, 2.75) is 12.2 Å². The first-order valence-electron chi connectivity index (χ1n) is 3.98. The van der Waals surface area contributed by atoms with E-state index >= 15 is 0 Å². The third-order valence-corrected chi connectivity index (χ3v) is 3.93. The van der Waals surface area contributed by atoms with Crippen LogP contribution in [0.25, 0.3) is 0 Å². The van der Waals surface area contributed by atoms with Crippen LogP contribution in [0.4, 0.5) is 0 Å². The Balaban J connectivity index is 2.54. The molecule has 0 bridgehead atoms. The summed E-state index contributed by atoms with van der Waals surface area (Å²) in [5, 5.41) is 0.680. The number of carbonyl (C=O) groups excluding carboxylic acids is 1. The van der Waals surface area contributed by atoms with Crippen LogP contribution in [0.3, 0.4) is 0 Å². The first-order chi connectivity index (χ1) is 6.22. The molecule has 1 rings (SSSR count). The summed E-state index contributed by atoms with van der Waals surface area (Å²) in [5.41, 5.74) is 0. The number of rotatable bonds is 4. The summed E-state index contributed by atoms with van der Waals surface area (Å²) in [6, 6.07) is 7.89. The first-order valence-corrected chi connectivity index (χ1v) is 6.05. The van der Waals surface area contributed by atoms with Crippen LogP contribution in [-0.2, 0) is 4.79 Å². The predicted molar refractivity (Wildman–Crippen MR) is 53.9 cm³/mol. The molecule has 0 heterocycles. The second kappa shape index (κ2) is 5.05. The van der Waals surface area contributed by atoms with Gasteiger partial charge in [0.2, 0.25) is 0 Å². The molecule has 2 nitrogen and oxygen atoms in total. The molecular formula is C10H12O2Se. The van der Waals surface area contributed by atoms with Crippen LogP contribution in [0, 0.1) is 0 Å². The molecular weight excluding hydrogens is 231 g/mol. The van der Waals surface area contributed by atoms with Gasteiger partial charge in [-0.3, -0.25) is 0 Å². The summed E-state index contributed by atoms with van der Waals surface area (Å²) in [6.45, 7) is 1.63. The number of hydrogen-bond donors (Lipinski definition) is 0. The summed E-state index contributed by atoms with van der Waals surface area (Å²) < 4.78 is 6.27. The van der Waals surface area contributed by atoms with E-state index in [0.717, 1.165) is 5.75 Å². The molecule has 0 spiro atoms. The van der Waals surface area contributed by atoms with Gasteiger partial charge < -0.3 is 0 Å². The monoisotopic (exact) mass is 244 g/mol. The normalized spacial score (nSPS) is 9.69. The van der Waals surface area contributed by atoms with Crippen LogP contribution >= 0.6 is 0 Å². The van der Waals surface area contributed by atoms with Crippen molar-refractivity contribution < 1.29 is 9.53 Å². The molecule has 3 heteroatoms.